The highest BCUT2D eigenvalue weighted by Gasteiger charge is 2.34. The van der Waals surface area contributed by atoms with E-state index in [2.05, 4.69) is 5.32 Å². The van der Waals surface area contributed by atoms with Crippen LogP contribution in [0.5, 0.6) is 0 Å². The first kappa shape index (κ1) is 17.7. The van der Waals surface area contributed by atoms with E-state index in [1.54, 1.807) is 24.3 Å². The summed E-state index contributed by atoms with van der Waals surface area (Å²) in [5.74, 6) is -0.428. The highest BCUT2D eigenvalue weighted by atomic mass is 32.2. The third-order valence-corrected chi connectivity index (χ3v) is 5.83. The lowest BCUT2D eigenvalue weighted by molar-refractivity contribution is -0.121. The third-order valence-electron chi connectivity index (χ3n) is 3.87. The summed E-state index contributed by atoms with van der Waals surface area (Å²) in [4.78, 5) is 12.1. The molecule has 1 aromatic rings. The lowest BCUT2D eigenvalue weighted by Gasteiger charge is -2.21. The van der Waals surface area contributed by atoms with Crippen LogP contribution in [0.2, 0.25) is 0 Å². The van der Waals surface area contributed by atoms with Gasteiger partial charge in [0.2, 0.25) is 15.9 Å². The van der Waals surface area contributed by atoms with Gasteiger partial charge in [0.1, 0.15) is 0 Å². The molecule has 0 bridgehead atoms. The van der Waals surface area contributed by atoms with Gasteiger partial charge in [-0.2, -0.15) is 0 Å². The number of benzene rings is 1. The molecule has 2 rings (SSSR count). The highest BCUT2D eigenvalue weighted by Crippen LogP contribution is 2.17. The number of nitrogens with two attached hydrogens (primary N) is 1. The van der Waals surface area contributed by atoms with E-state index in [1.165, 1.54) is 18.4 Å². The van der Waals surface area contributed by atoms with Crippen molar-refractivity contribution in [3.63, 3.8) is 0 Å². The third kappa shape index (κ3) is 4.92. The fourth-order valence-corrected chi connectivity index (χ4v) is 3.59. The summed E-state index contributed by atoms with van der Waals surface area (Å²) < 4.78 is 30.5. The van der Waals surface area contributed by atoms with Gasteiger partial charge in [-0.15, -0.1) is 0 Å². The summed E-state index contributed by atoms with van der Waals surface area (Å²) in [5.41, 5.74) is 7.11. The number of nitrogen functional groups attached to an aromatic ring is 1. The number of hydrogen-bond acceptors (Lipinski definition) is 5. The molecule has 7 nitrogen and oxygen atoms in total. The van der Waals surface area contributed by atoms with E-state index in [1.807, 2.05) is 0 Å². The first-order chi connectivity index (χ1) is 10.8. The Morgan fingerprint density at radius 3 is 2.57 bits per heavy atom. The molecule has 1 aromatic carbocycles. The van der Waals surface area contributed by atoms with Crippen LogP contribution in [-0.2, 0) is 26.0 Å². The molecule has 0 spiro atoms. The van der Waals surface area contributed by atoms with E-state index in [0.29, 0.717) is 18.9 Å². The van der Waals surface area contributed by atoms with Crippen molar-refractivity contribution in [1.82, 2.24) is 9.62 Å². The van der Waals surface area contributed by atoms with Gasteiger partial charge in [0.05, 0.1) is 31.4 Å². The molecule has 23 heavy (non-hydrogen) atoms. The Morgan fingerprint density at radius 2 is 1.96 bits per heavy atom. The number of sulfonamides is 1. The van der Waals surface area contributed by atoms with E-state index in [0.717, 1.165) is 5.56 Å². The molecule has 1 heterocycles. The molecule has 0 aromatic heterocycles. The smallest absolute Gasteiger partial charge is 0.224 e. The van der Waals surface area contributed by atoms with Gasteiger partial charge in [-0.25, -0.2) is 12.7 Å². The van der Waals surface area contributed by atoms with Crippen LogP contribution in [0.4, 0.5) is 5.69 Å². The summed E-state index contributed by atoms with van der Waals surface area (Å²) in [7, 11) is -0.326. The fourth-order valence-electron chi connectivity index (χ4n) is 2.42. The van der Waals surface area contributed by atoms with Gasteiger partial charge in [-0.05, 0) is 17.7 Å². The lowest BCUT2D eigenvalue weighted by Crippen LogP contribution is -2.44. The molecule has 1 fully saturated rings. The average molecular weight is 341 g/mol. The molecule has 128 valence electrons. The molecule has 0 unspecified atom stereocenters. The molecule has 1 aliphatic heterocycles. The number of rotatable bonds is 6. The second-order valence-corrected chi connectivity index (χ2v) is 8.18. The Labute approximate surface area is 136 Å². The van der Waals surface area contributed by atoms with Crippen LogP contribution in [-0.4, -0.2) is 57.7 Å². The zero-order chi connectivity index (χ0) is 17.0. The maximum Gasteiger partial charge on any atom is 0.224 e. The first-order valence-electron chi connectivity index (χ1n) is 7.39. The maximum atomic E-state index is 12.1. The maximum absolute atomic E-state index is 12.1. The number of anilines is 1. The van der Waals surface area contributed by atoms with E-state index < -0.39 is 10.0 Å². The molecule has 1 aliphatic rings. The second-order valence-electron chi connectivity index (χ2n) is 5.95. The van der Waals surface area contributed by atoms with Crippen molar-refractivity contribution in [2.24, 2.45) is 5.92 Å². The van der Waals surface area contributed by atoms with Crippen molar-refractivity contribution in [2.75, 3.05) is 38.8 Å². The normalized spacial score (nSPS) is 21.5. The first-order valence-corrected chi connectivity index (χ1v) is 9.00. The predicted octanol–water partition coefficient (Wildman–Crippen LogP) is -0.166. The summed E-state index contributed by atoms with van der Waals surface area (Å²) >= 11 is 0. The van der Waals surface area contributed by atoms with E-state index in [4.69, 9.17) is 10.5 Å². The molecule has 8 heteroatoms. The predicted molar refractivity (Wildman–Crippen MR) is 88.3 cm³/mol. The van der Waals surface area contributed by atoms with Gasteiger partial charge in [0, 0.05) is 25.7 Å². The van der Waals surface area contributed by atoms with Crippen molar-refractivity contribution in [3.8, 4) is 0 Å². The Balaban J connectivity index is 1.93. The van der Waals surface area contributed by atoms with Gasteiger partial charge in [-0.3, -0.25) is 4.79 Å². The Morgan fingerprint density at radius 1 is 1.30 bits per heavy atom. The van der Waals surface area contributed by atoms with Gasteiger partial charge in [-0.1, -0.05) is 12.1 Å². The van der Waals surface area contributed by atoms with Crippen LogP contribution in [0.25, 0.3) is 0 Å². The zero-order valence-electron chi connectivity index (χ0n) is 13.4. The van der Waals surface area contributed by atoms with E-state index in [-0.39, 0.29) is 30.0 Å². The topological polar surface area (TPSA) is 102 Å². The number of ether oxygens (including phenoxy) is 1. The van der Waals surface area contributed by atoms with Crippen molar-refractivity contribution in [1.29, 1.82) is 0 Å². The number of carbonyl (C=O) groups excluding carboxylic acids is 1. The zero-order valence-corrected chi connectivity index (χ0v) is 14.2. The van der Waals surface area contributed by atoms with Gasteiger partial charge >= 0.3 is 0 Å². The number of hydrogen-bond donors (Lipinski definition) is 2. The standard InChI is InChI=1S/C15H23N3O4S/c1-18(2)23(20,21)10-12-8-22-9-14(12)17-15(19)7-11-3-5-13(16)6-4-11/h3-6,12,14H,7-10,16H2,1-2H3,(H,17,19)/t12-,14-/m0/s1. The minimum absolute atomic E-state index is 0.0349. The molecule has 1 amide bonds. The number of carbonyl (C=O) groups is 1. The Kier molecular flexibility index (Phi) is 5.61. The summed E-state index contributed by atoms with van der Waals surface area (Å²) in [5, 5.41) is 2.88. The average Bonchev–Trinajstić information content (AvgIpc) is 2.87. The molecule has 3 N–H and O–H groups in total. The molecule has 2 atom stereocenters. The molecule has 0 radical (unpaired) electrons. The molecular weight excluding hydrogens is 318 g/mol. The molecular formula is C15H23N3O4S. The number of nitrogens with zero attached hydrogens (tertiary/aromatic N) is 1. The van der Waals surface area contributed by atoms with Gasteiger partial charge in [0.15, 0.2) is 0 Å². The lowest BCUT2D eigenvalue weighted by atomic mass is 10.1. The van der Waals surface area contributed by atoms with Crippen LogP contribution in [0, 0.1) is 5.92 Å². The van der Waals surface area contributed by atoms with Crippen molar-refractivity contribution < 1.29 is 17.9 Å². The van der Waals surface area contributed by atoms with Crippen LogP contribution in [0.15, 0.2) is 24.3 Å². The van der Waals surface area contributed by atoms with Crippen LogP contribution in [0.3, 0.4) is 0 Å². The molecule has 0 aliphatic carbocycles. The monoisotopic (exact) mass is 341 g/mol. The van der Waals surface area contributed by atoms with Crippen molar-refractivity contribution in [2.45, 2.75) is 12.5 Å². The SMILES string of the molecule is CN(C)S(=O)(=O)C[C@@H]1COC[C@@H]1NC(=O)Cc1ccc(N)cc1. The van der Waals surface area contributed by atoms with Crippen LogP contribution < -0.4 is 11.1 Å². The summed E-state index contributed by atoms with van der Waals surface area (Å²) in [6.07, 6.45) is 0.226. The minimum atomic E-state index is -3.33. The quantitative estimate of drug-likeness (QED) is 0.700. The van der Waals surface area contributed by atoms with Gasteiger partial charge < -0.3 is 15.8 Å². The number of amides is 1. The Bertz CT molecular complexity index is 643. The van der Waals surface area contributed by atoms with Crippen LogP contribution >= 0.6 is 0 Å². The Hall–Kier alpha value is -1.64. The summed E-state index contributed by atoms with van der Waals surface area (Å²) in [6.45, 7) is 0.668. The van der Waals surface area contributed by atoms with Crippen LogP contribution in [0.1, 0.15) is 5.56 Å². The second kappa shape index (κ2) is 7.29. The van der Waals surface area contributed by atoms with E-state index >= 15 is 0 Å². The molecule has 0 saturated carbocycles. The van der Waals surface area contributed by atoms with E-state index in [9.17, 15) is 13.2 Å². The number of nitrogens with one attached hydrogen (secondary N) is 1. The molecule has 1 saturated heterocycles. The minimum Gasteiger partial charge on any atom is -0.399 e. The van der Waals surface area contributed by atoms with Crippen molar-refractivity contribution in [3.05, 3.63) is 29.8 Å². The largest absolute Gasteiger partial charge is 0.399 e. The summed E-state index contributed by atoms with van der Waals surface area (Å²) in [6, 6.07) is 6.80. The van der Waals surface area contributed by atoms with Crippen molar-refractivity contribution >= 4 is 21.6 Å². The highest BCUT2D eigenvalue weighted by molar-refractivity contribution is 7.89. The van der Waals surface area contributed by atoms with Gasteiger partial charge in [0.25, 0.3) is 0 Å². The fraction of sp³-hybridized carbons (Fsp3) is 0.533.